The molecule has 6 nitrogen and oxygen atoms in total. The Balaban J connectivity index is 1.73. The summed E-state index contributed by atoms with van der Waals surface area (Å²) in [4.78, 5) is 32.2. The van der Waals surface area contributed by atoms with Crippen molar-refractivity contribution in [3.05, 3.63) is 94.9 Å². The molecule has 1 N–H and O–H groups in total. The van der Waals surface area contributed by atoms with Crippen LogP contribution in [0.2, 0.25) is 0 Å². The maximum Gasteiger partial charge on any atom is 0.278 e. The molecule has 0 spiro atoms. The van der Waals surface area contributed by atoms with Crippen LogP contribution in [0.1, 0.15) is 35.6 Å². The number of rotatable bonds is 8. The van der Waals surface area contributed by atoms with E-state index in [-0.39, 0.29) is 24.1 Å². The maximum absolute atomic E-state index is 13.5. The number of pyridine rings is 1. The van der Waals surface area contributed by atoms with Crippen LogP contribution in [0, 0.1) is 13.8 Å². The molecule has 3 aromatic rings. The van der Waals surface area contributed by atoms with Crippen molar-refractivity contribution in [1.29, 1.82) is 0 Å². The summed E-state index contributed by atoms with van der Waals surface area (Å²) in [5.74, 6) is 0.0570. The third kappa shape index (κ3) is 4.65. The number of nitrogens with one attached hydrogen (secondary N) is 1. The average molecular weight is 442 g/mol. The fraction of sp³-hybridized carbons (Fsp3) is 0.222. The number of ether oxygens (including phenoxy) is 1. The summed E-state index contributed by atoms with van der Waals surface area (Å²) in [5.41, 5.74) is 5.08. The van der Waals surface area contributed by atoms with Gasteiger partial charge in [-0.1, -0.05) is 31.2 Å². The number of anilines is 1. The van der Waals surface area contributed by atoms with Crippen molar-refractivity contribution in [3.8, 4) is 5.75 Å². The van der Waals surface area contributed by atoms with E-state index in [2.05, 4.69) is 10.3 Å². The van der Waals surface area contributed by atoms with Gasteiger partial charge in [0.25, 0.3) is 11.8 Å². The van der Waals surface area contributed by atoms with Gasteiger partial charge in [-0.3, -0.25) is 19.5 Å². The Bertz CT molecular complexity index is 1200. The molecule has 2 amide bonds. The lowest BCUT2D eigenvalue weighted by atomic mass is 10.0. The van der Waals surface area contributed by atoms with E-state index in [1.54, 1.807) is 24.5 Å². The SMILES string of the molecule is CCCOc1ccc(C2=C(Nc3cccc(C)c3C)C(=O)N(Cc3ccncc3)C2=O)cc1. The zero-order chi connectivity index (χ0) is 23.4. The van der Waals surface area contributed by atoms with E-state index in [0.29, 0.717) is 17.7 Å². The molecular weight excluding hydrogens is 414 g/mol. The van der Waals surface area contributed by atoms with Crippen molar-refractivity contribution in [1.82, 2.24) is 9.88 Å². The van der Waals surface area contributed by atoms with Gasteiger partial charge in [0.1, 0.15) is 11.4 Å². The highest BCUT2D eigenvalue weighted by Crippen LogP contribution is 2.33. The lowest BCUT2D eigenvalue weighted by Gasteiger charge is -2.16. The first-order chi connectivity index (χ1) is 16.0. The van der Waals surface area contributed by atoms with E-state index in [0.717, 1.165) is 34.5 Å². The molecule has 0 saturated heterocycles. The predicted octanol–water partition coefficient (Wildman–Crippen LogP) is 4.88. The zero-order valence-corrected chi connectivity index (χ0v) is 19.1. The Labute approximate surface area is 193 Å². The summed E-state index contributed by atoms with van der Waals surface area (Å²) in [6, 6.07) is 16.8. The summed E-state index contributed by atoms with van der Waals surface area (Å²) in [7, 11) is 0. The first-order valence-corrected chi connectivity index (χ1v) is 11.1. The Morgan fingerprint density at radius 3 is 2.36 bits per heavy atom. The Hall–Kier alpha value is -3.93. The van der Waals surface area contributed by atoms with Crippen LogP contribution in [0.25, 0.3) is 5.57 Å². The molecular formula is C27H27N3O3. The van der Waals surface area contributed by atoms with Gasteiger partial charge in [-0.05, 0) is 72.9 Å². The van der Waals surface area contributed by atoms with Crippen LogP contribution in [0.15, 0.2) is 72.7 Å². The van der Waals surface area contributed by atoms with E-state index >= 15 is 0 Å². The van der Waals surface area contributed by atoms with Crippen molar-refractivity contribution in [3.63, 3.8) is 0 Å². The summed E-state index contributed by atoms with van der Waals surface area (Å²) in [6.45, 7) is 6.86. The Kier molecular flexibility index (Phi) is 6.54. The number of benzene rings is 2. The third-order valence-corrected chi connectivity index (χ3v) is 5.74. The summed E-state index contributed by atoms with van der Waals surface area (Å²) in [5, 5.41) is 3.27. The van der Waals surface area contributed by atoms with Gasteiger partial charge in [-0.2, -0.15) is 0 Å². The lowest BCUT2D eigenvalue weighted by molar-refractivity contribution is -0.137. The number of imide groups is 1. The molecule has 0 atom stereocenters. The van der Waals surface area contributed by atoms with E-state index in [1.165, 1.54) is 4.90 Å². The maximum atomic E-state index is 13.5. The molecule has 0 bridgehead atoms. The normalized spacial score (nSPS) is 13.6. The number of aromatic nitrogens is 1. The second-order valence-corrected chi connectivity index (χ2v) is 8.05. The molecule has 168 valence electrons. The fourth-order valence-electron chi connectivity index (χ4n) is 3.73. The highest BCUT2D eigenvalue weighted by atomic mass is 16.5. The first-order valence-electron chi connectivity index (χ1n) is 11.1. The van der Waals surface area contributed by atoms with Crippen LogP contribution in [-0.4, -0.2) is 28.3 Å². The number of carbonyl (C=O) groups excluding carboxylic acids is 2. The van der Waals surface area contributed by atoms with Gasteiger partial charge in [-0.15, -0.1) is 0 Å². The van der Waals surface area contributed by atoms with Crippen LogP contribution in [0.3, 0.4) is 0 Å². The largest absolute Gasteiger partial charge is 0.494 e. The number of carbonyl (C=O) groups is 2. The van der Waals surface area contributed by atoms with Gasteiger partial charge in [0.15, 0.2) is 0 Å². The van der Waals surface area contributed by atoms with Crippen molar-refractivity contribution in [2.45, 2.75) is 33.7 Å². The van der Waals surface area contributed by atoms with Crippen LogP contribution >= 0.6 is 0 Å². The number of hydrogen-bond acceptors (Lipinski definition) is 5. The number of hydrogen-bond donors (Lipinski definition) is 1. The molecule has 0 aliphatic carbocycles. The van der Waals surface area contributed by atoms with Gasteiger partial charge in [-0.25, -0.2) is 0 Å². The third-order valence-electron chi connectivity index (χ3n) is 5.74. The quantitative estimate of drug-likeness (QED) is 0.505. The monoisotopic (exact) mass is 441 g/mol. The number of amides is 2. The highest BCUT2D eigenvalue weighted by Gasteiger charge is 2.39. The molecule has 1 aliphatic rings. The smallest absolute Gasteiger partial charge is 0.278 e. The number of aryl methyl sites for hydroxylation is 1. The average Bonchev–Trinajstić information content (AvgIpc) is 3.06. The summed E-state index contributed by atoms with van der Waals surface area (Å²) >= 11 is 0. The van der Waals surface area contributed by atoms with E-state index in [1.807, 2.05) is 63.2 Å². The fourth-order valence-corrected chi connectivity index (χ4v) is 3.73. The van der Waals surface area contributed by atoms with Gasteiger partial charge in [0.05, 0.1) is 18.7 Å². The van der Waals surface area contributed by atoms with Crippen LogP contribution in [0.4, 0.5) is 5.69 Å². The van der Waals surface area contributed by atoms with Gasteiger partial charge >= 0.3 is 0 Å². The molecule has 6 heteroatoms. The van der Waals surface area contributed by atoms with Crippen molar-refractivity contribution < 1.29 is 14.3 Å². The van der Waals surface area contributed by atoms with E-state index < -0.39 is 0 Å². The molecule has 0 unspecified atom stereocenters. The molecule has 0 saturated carbocycles. The van der Waals surface area contributed by atoms with E-state index in [4.69, 9.17) is 4.74 Å². The summed E-state index contributed by atoms with van der Waals surface area (Å²) in [6.07, 6.45) is 4.21. The summed E-state index contributed by atoms with van der Waals surface area (Å²) < 4.78 is 5.67. The molecule has 0 radical (unpaired) electrons. The van der Waals surface area contributed by atoms with Crippen LogP contribution in [-0.2, 0) is 16.1 Å². The number of nitrogens with zero attached hydrogens (tertiary/aromatic N) is 2. The van der Waals surface area contributed by atoms with Gasteiger partial charge < -0.3 is 10.1 Å². The lowest BCUT2D eigenvalue weighted by Crippen LogP contribution is -2.32. The first kappa shape index (κ1) is 22.3. The second kappa shape index (κ2) is 9.69. The standard InChI is InChI=1S/C27H27N3O3/c1-4-16-33-22-10-8-21(9-11-22)24-25(29-23-7-5-6-18(2)19(23)3)27(32)30(26(24)31)17-20-12-14-28-15-13-20/h5-15,29H,4,16-17H2,1-3H3. The minimum absolute atomic E-state index is 0.180. The van der Waals surface area contributed by atoms with Crippen molar-refractivity contribution >= 4 is 23.1 Å². The molecule has 0 fully saturated rings. The molecule has 4 rings (SSSR count). The highest BCUT2D eigenvalue weighted by molar-refractivity contribution is 6.36. The Morgan fingerprint density at radius 1 is 0.939 bits per heavy atom. The Morgan fingerprint density at radius 2 is 1.67 bits per heavy atom. The van der Waals surface area contributed by atoms with Crippen LogP contribution in [0.5, 0.6) is 5.75 Å². The van der Waals surface area contributed by atoms with Crippen molar-refractivity contribution in [2.24, 2.45) is 0 Å². The predicted molar refractivity (Wildman–Crippen MR) is 128 cm³/mol. The molecule has 2 aromatic carbocycles. The van der Waals surface area contributed by atoms with Crippen molar-refractivity contribution in [2.75, 3.05) is 11.9 Å². The van der Waals surface area contributed by atoms with Crippen LogP contribution < -0.4 is 10.1 Å². The minimum atomic E-state index is -0.348. The molecule has 2 heterocycles. The second-order valence-electron chi connectivity index (χ2n) is 8.05. The van der Waals surface area contributed by atoms with E-state index in [9.17, 15) is 9.59 Å². The van der Waals surface area contributed by atoms with Gasteiger partial charge in [0.2, 0.25) is 0 Å². The molecule has 33 heavy (non-hydrogen) atoms. The molecule has 1 aromatic heterocycles. The zero-order valence-electron chi connectivity index (χ0n) is 19.1. The minimum Gasteiger partial charge on any atom is -0.494 e. The van der Waals surface area contributed by atoms with Gasteiger partial charge in [0, 0.05) is 18.1 Å². The molecule has 1 aliphatic heterocycles. The topological polar surface area (TPSA) is 71.5 Å².